The molecule has 0 bridgehead atoms. The SMILES string of the molecule is COc1cc(C)cc2c1CC[C@](C)([C@@H]1O[C@H](OC)C[C@@H]1OC)O2. The molecule has 5 heteroatoms. The van der Waals surface area contributed by atoms with E-state index >= 15 is 0 Å². The number of rotatable bonds is 4. The molecule has 1 aromatic carbocycles. The summed E-state index contributed by atoms with van der Waals surface area (Å²) in [5.74, 6) is 1.78. The van der Waals surface area contributed by atoms with Gasteiger partial charge in [0.15, 0.2) is 6.29 Å². The van der Waals surface area contributed by atoms with E-state index in [0.717, 1.165) is 41.9 Å². The first-order chi connectivity index (χ1) is 11.0. The zero-order valence-corrected chi connectivity index (χ0v) is 14.5. The molecule has 3 rings (SSSR count). The minimum atomic E-state index is -0.445. The summed E-state index contributed by atoms with van der Waals surface area (Å²) in [7, 11) is 5.08. The molecule has 1 aromatic rings. The predicted octanol–water partition coefficient (Wildman–Crippen LogP) is 2.86. The maximum absolute atomic E-state index is 6.41. The molecule has 2 aliphatic heterocycles. The van der Waals surface area contributed by atoms with Crippen molar-refractivity contribution in [3.8, 4) is 11.5 Å². The average molecular weight is 322 g/mol. The van der Waals surface area contributed by atoms with Crippen molar-refractivity contribution in [1.29, 1.82) is 0 Å². The Labute approximate surface area is 137 Å². The third-order valence-corrected chi connectivity index (χ3v) is 4.98. The zero-order valence-electron chi connectivity index (χ0n) is 14.5. The fraction of sp³-hybridized carbons (Fsp3) is 0.667. The van der Waals surface area contributed by atoms with Gasteiger partial charge in [0.2, 0.25) is 0 Å². The minimum Gasteiger partial charge on any atom is -0.496 e. The van der Waals surface area contributed by atoms with Crippen molar-refractivity contribution in [2.45, 2.75) is 57.2 Å². The van der Waals surface area contributed by atoms with E-state index in [2.05, 4.69) is 19.1 Å². The molecule has 0 saturated carbocycles. The number of fused-ring (bicyclic) bond motifs is 1. The van der Waals surface area contributed by atoms with Gasteiger partial charge in [-0.15, -0.1) is 0 Å². The molecule has 1 saturated heterocycles. The molecule has 0 aliphatic carbocycles. The van der Waals surface area contributed by atoms with Crippen molar-refractivity contribution in [3.05, 3.63) is 23.3 Å². The smallest absolute Gasteiger partial charge is 0.160 e. The van der Waals surface area contributed by atoms with Crippen molar-refractivity contribution >= 4 is 0 Å². The predicted molar refractivity (Wildman–Crippen MR) is 86.2 cm³/mol. The molecule has 5 nitrogen and oxygen atoms in total. The number of hydrogen-bond donors (Lipinski definition) is 0. The highest BCUT2D eigenvalue weighted by Crippen LogP contribution is 2.44. The van der Waals surface area contributed by atoms with Crippen LogP contribution >= 0.6 is 0 Å². The van der Waals surface area contributed by atoms with Gasteiger partial charge in [-0.25, -0.2) is 0 Å². The fourth-order valence-electron chi connectivity index (χ4n) is 3.67. The molecular weight excluding hydrogens is 296 g/mol. The van der Waals surface area contributed by atoms with Gasteiger partial charge in [-0.1, -0.05) is 0 Å². The molecule has 128 valence electrons. The monoisotopic (exact) mass is 322 g/mol. The number of methoxy groups -OCH3 is 3. The topological polar surface area (TPSA) is 46.2 Å². The maximum atomic E-state index is 6.41. The molecule has 4 atom stereocenters. The van der Waals surface area contributed by atoms with E-state index in [1.165, 1.54) is 0 Å². The van der Waals surface area contributed by atoms with E-state index in [0.29, 0.717) is 0 Å². The summed E-state index contributed by atoms with van der Waals surface area (Å²) in [6.45, 7) is 4.14. The van der Waals surface area contributed by atoms with Gasteiger partial charge in [0, 0.05) is 26.2 Å². The van der Waals surface area contributed by atoms with Crippen molar-refractivity contribution in [1.82, 2.24) is 0 Å². The van der Waals surface area contributed by atoms with Crippen molar-refractivity contribution in [3.63, 3.8) is 0 Å². The summed E-state index contributed by atoms with van der Waals surface area (Å²) < 4.78 is 29.0. The lowest BCUT2D eigenvalue weighted by molar-refractivity contribution is -0.171. The Bertz CT molecular complexity index is 573. The normalized spacial score (nSPS) is 33.2. The van der Waals surface area contributed by atoms with Gasteiger partial charge in [0.05, 0.1) is 13.2 Å². The number of hydrogen-bond acceptors (Lipinski definition) is 5. The summed E-state index contributed by atoms with van der Waals surface area (Å²) in [6.07, 6.45) is 2.04. The van der Waals surface area contributed by atoms with Crippen LogP contribution in [-0.4, -0.2) is 45.4 Å². The van der Waals surface area contributed by atoms with Crippen LogP contribution in [0.25, 0.3) is 0 Å². The Kier molecular flexibility index (Phi) is 4.54. The summed E-state index contributed by atoms with van der Waals surface area (Å²) in [4.78, 5) is 0. The van der Waals surface area contributed by atoms with Crippen molar-refractivity contribution < 1.29 is 23.7 Å². The Hall–Kier alpha value is -1.30. The van der Waals surface area contributed by atoms with Gasteiger partial charge in [0.25, 0.3) is 0 Å². The van der Waals surface area contributed by atoms with E-state index < -0.39 is 5.60 Å². The molecule has 2 heterocycles. The Morgan fingerprint density at radius 1 is 1.17 bits per heavy atom. The van der Waals surface area contributed by atoms with Crippen LogP contribution in [-0.2, 0) is 20.6 Å². The van der Waals surface area contributed by atoms with Crippen LogP contribution in [0.15, 0.2) is 12.1 Å². The fourth-order valence-corrected chi connectivity index (χ4v) is 3.67. The maximum Gasteiger partial charge on any atom is 0.160 e. The standard InChI is InChI=1S/C18H26O5/c1-11-8-13(19-3)12-6-7-18(2,23-14(12)9-11)17-15(20-4)10-16(21-5)22-17/h8-9,15-17H,6-7,10H2,1-5H3/t15-,16-,17+,18+/m0/s1. The summed E-state index contributed by atoms with van der Waals surface area (Å²) in [6, 6.07) is 4.12. The summed E-state index contributed by atoms with van der Waals surface area (Å²) in [5, 5.41) is 0. The lowest BCUT2D eigenvalue weighted by Gasteiger charge is -2.41. The van der Waals surface area contributed by atoms with Crippen LogP contribution in [0.5, 0.6) is 11.5 Å². The second kappa shape index (κ2) is 6.30. The first-order valence-electron chi connectivity index (χ1n) is 8.08. The van der Waals surface area contributed by atoms with Gasteiger partial charge >= 0.3 is 0 Å². The highest BCUT2D eigenvalue weighted by Gasteiger charge is 2.50. The molecule has 0 aromatic heterocycles. The highest BCUT2D eigenvalue weighted by atomic mass is 16.7. The largest absolute Gasteiger partial charge is 0.496 e. The Morgan fingerprint density at radius 2 is 1.96 bits per heavy atom. The number of ether oxygens (including phenoxy) is 5. The van der Waals surface area contributed by atoms with Crippen LogP contribution in [0.4, 0.5) is 0 Å². The van der Waals surface area contributed by atoms with Crippen LogP contribution < -0.4 is 9.47 Å². The first kappa shape index (κ1) is 16.6. The Balaban J connectivity index is 1.89. The number of aryl methyl sites for hydroxylation is 1. The zero-order chi connectivity index (χ0) is 16.6. The van der Waals surface area contributed by atoms with Gasteiger partial charge in [-0.05, 0) is 44.4 Å². The second-order valence-corrected chi connectivity index (χ2v) is 6.59. The van der Waals surface area contributed by atoms with Gasteiger partial charge in [-0.3, -0.25) is 0 Å². The van der Waals surface area contributed by atoms with Crippen molar-refractivity contribution in [2.75, 3.05) is 21.3 Å². The lowest BCUT2D eigenvalue weighted by atomic mass is 9.85. The molecule has 0 N–H and O–H groups in total. The second-order valence-electron chi connectivity index (χ2n) is 6.59. The summed E-state index contributed by atoms with van der Waals surface area (Å²) in [5.41, 5.74) is 1.81. The Morgan fingerprint density at radius 3 is 2.61 bits per heavy atom. The third kappa shape index (κ3) is 2.93. The van der Waals surface area contributed by atoms with Crippen LogP contribution in [0.3, 0.4) is 0 Å². The average Bonchev–Trinajstić information content (AvgIpc) is 2.98. The van der Waals surface area contributed by atoms with Gasteiger partial charge in [-0.2, -0.15) is 0 Å². The number of benzene rings is 1. The van der Waals surface area contributed by atoms with E-state index in [1.807, 2.05) is 6.92 Å². The molecule has 23 heavy (non-hydrogen) atoms. The van der Waals surface area contributed by atoms with Crippen LogP contribution in [0, 0.1) is 6.92 Å². The van der Waals surface area contributed by atoms with E-state index in [9.17, 15) is 0 Å². The molecule has 1 fully saturated rings. The van der Waals surface area contributed by atoms with Crippen molar-refractivity contribution in [2.24, 2.45) is 0 Å². The molecular formula is C18H26O5. The van der Waals surface area contributed by atoms with Gasteiger partial charge in [0.1, 0.15) is 23.2 Å². The highest BCUT2D eigenvalue weighted by molar-refractivity contribution is 5.49. The van der Waals surface area contributed by atoms with Gasteiger partial charge < -0.3 is 23.7 Å². The van der Waals surface area contributed by atoms with E-state index in [-0.39, 0.29) is 18.5 Å². The first-order valence-corrected chi connectivity index (χ1v) is 8.08. The third-order valence-electron chi connectivity index (χ3n) is 4.98. The quantitative estimate of drug-likeness (QED) is 0.853. The molecule has 0 radical (unpaired) electrons. The van der Waals surface area contributed by atoms with E-state index in [1.54, 1.807) is 21.3 Å². The van der Waals surface area contributed by atoms with Crippen LogP contribution in [0.1, 0.15) is 30.9 Å². The summed E-state index contributed by atoms with van der Waals surface area (Å²) >= 11 is 0. The molecule has 2 aliphatic rings. The minimum absolute atomic E-state index is 0.0294. The molecule has 0 spiro atoms. The van der Waals surface area contributed by atoms with Crippen LogP contribution in [0.2, 0.25) is 0 Å². The lowest BCUT2D eigenvalue weighted by Crippen LogP contribution is -2.52. The van der Waals surface area contributed by atoms with E-state index in [4.69, 9.17) is 23.7 Å². The molecule has 0 unspecified atom stereocenters. The molecule has 0 amide bonds.